The predicted molar refractivity (Wildman–Crippen MR) is 58.6 cm³/mol. The molecule has 16 heavy (non-hydrogen) atoms. The van der Waals surface area contributed by atoms with Crippen LogP contribution in [-0.4, -0.2) is 11.1 Å². The first-order chi connectivity index (χ1) is 7.66. The van der Waals surface area contributed by atoms with Gasteiger partial charge in [-0.05, 0) is 34.1 Å². The second-order valence-corrected chi connectivity index (χ2v) is 3.85. The molecule has 0 saturated heterocycles. The number of amides is 1. The summed E-state index contributed by atoms with van der Waals surface area (Å²) in [6.07, 6.45) is 2.64. The van der Waals surface area contributed by atoms with E-state index in [-0.39, 0.29) is 5.56 Å². The zero-order valence-electron chi connectivity index (χ0n) is 7.91. The zero-order chi connectivity index (χ0) is 11.5. The predicted octanol–water partition coefficient (Wildman–Crippen LogP) is 2.83. The Morgan fingerprint density at radius 3 is 2.94 bits per heavy atom. The van der Waals surface area contributed by atoms with Gasteiger partial charge < -0.3 is 9.84 Å². The summed E-state index contributed by atoms with van der Waals surface area (Å²) >= 11 is 3.01. The van der Waals surface area contributed by atoms with Gasteiger partial charge in [0, 0.05) is 5.56 Å². The lowest BCUT2D eigenvalue weighted by molar-refractivity contribution is 0.102. The first-order valence-corrected chi connectivity index (χ1v) is 5.12. The number of nitrogens with one attached hydrogen (secondary N) is 1. The van der Waals surface area contributed by atoms with Gasteiger partial charge in [-0.25, -0.2) is 4.39 Å². The van der Waals surface area contributed by atoms with Crippen LogP contribution in [0.3, 0.4) is 0 Å². The largest absolute Gasteiger partial charge is 0.363 e. The number of aromatic nitrogens is 1. The second-order valence-electron chi connectivity index (χ2n) is 3.00. The summed E-state index contributed by atoms with van der Waals surface area (Å²) in [4.78, 5) is 11.6. The number of anilines is 1. The Morgan fingerprint density at radius 2 is 2.31 bits per heavy atom. The van der Waals surface area contributed by atoms with Crippen LogP contribution < -0.4 is 5.32 Å². The summed E-state index contributed by atoms with van der Waals surface area (Å²) in [5.41, 5.74) is 0.648. The van der Waals surface area contributed by atoms with Crippen molar-refractivity contribution in [3.05, 3.63) is 46.5 Å². The number of hydrogen-bond acceptors (Lipinski definition) is 3. The highest BCUT2D eigenvalue weighted by atomic mass is 79.9. The Balaban J connectivity index is 2.18. The topological polar surface area (TPSA) is 55.1 Å². The van der Waals surface area contributed by atoms with Crippen molar-refractivity contribution in [1.82, 2.24) is 5.16 Å². The van der Waals surface area contributed by atoms with Crippen LogP contribution in [0, 0.1) is 5.82 Å². The smallest absolute Gasteiger partial charge is 0.255 e. The molecule has 0 bridgehead atoms. The van der Waals surface area contributed by atoms with Crippen molar-refractivity contribution in [3.8, 4) is 0 Å². The minimum Gasteiger partial charge on any atom is -0.363 e. The van der Waals surface area contributed by atoms with E-state index in [2.05, 4.69) is 30.9 Å². The fourth-order valence-corrected chi connectivity index (χ4v) is 1.35. The van der Waals surface area contributed by atoms with E-state index in [4.69, 9.17) is 0 Å². The van der Waals surface area contributed by atoms with E-state index in [0.29, 0.717) is 10.2 Å². The van der Waals surface area contributed by atoms with Crippen molar-refractivity contribution in [1.29, 1.82) is 0 Å². The van der Waals surface area contributed by atoms with Crippen LogP contribution in [0.1, 0.15) is 10.4 Å². The molecule has 0 saturated carbocycles. The molecule has 0 aliphatic carbocycles. The molecule has 0 atom stereocenters. The molecule has 0 aliphatic rings. The van der Waals surface area contributed by atoms with Gasteiger partial charge in [0.25, 0.3) is 5.91 Å². The number of hydrogen-bond donors (Lipinski definition) is 1. The molecular formula is C10H6BrFN2O2. The molecule has 2 aromatic rings. The van der Waals surface area contributed by atoms with Gasteiger partial charge in [0.1, 0.15) is 17.8 Å². The average molecular weight is 285 g/mol. The fourth-order valence-electron chi connectivity index (χ4n) is 1.11. The molecule has 6 heteroatoms. The van der Waals surface area contributed by atoms with Crippen molar-refractivity contribution in [2.24, 2.45) is 0 Å². The Hall–Kier alpha value is -1.69. The van der Waals surface area contributed by atoms with Crippen molar-refractivity contribution in [2.45, 2.75) is 0 Å². The minimum atomic E-state index is -0.488. The maximum Gasteiger partial charge on any atom is 0.255 e. The number of halogens is 2. The lowest BCUT2D eigenvalue weighted by Gasteiger charge is -2.02. The molecule has 0 fully saturated rings. The molecule has 0 radical (unpaired) electrons. The van der Waals surface area contributed by atoms with E-state index < -0.39 is 11.7 Å². The Morgan fingerprint density at radius 1 is 1.50 bits per heavy atom. The summed E-state index contributed by atoms with van der Waals surface area (Å²) in [5, 5.41) is 5.94. The molecule has 1 aromatic carbocycles. The molecule has 1 aromatic heterocycles. The third-order valence-electron chi connectivity index (χ3n) is 1.87. The van der Waals surface area contributed by atoms with Gasteiger partial charge in [-0.3, -0.25) is 4.79 Å². The third kappa shape index (κ3) is 2.27. The van der Waals surface area contributed by atoms with Crippen LogP contribution in [0.5, 0.6) is 0 Å². The van der Waals surface area contributed by atoms with Gasteiger partial charge in [0.15, 0.2) is 0 Å². The molecule has 1 heterocycles. The zero-order valence-corrected chi connectivity index (χ0v) is 9.49. The van der Waals surface area contributed by atoms with E-state index in [0.717, 1.165) is 6.07 Å². The SMILES string of the molecule is O=C(Nc1cnoc1)c1ccc(Br)c(F)c1. The highest BCUT2D eigenvalue weighted by Gasteiger charge is 2.09. The highest BCUT2D eigenvalue weighted by Crippen LogP contribution is 2.17. The van der Waals surface area contributed by atoms with Crippen LogP contribution >= 0.6 is 15.9 Å². The van der Waals surface area contributed by atoms with E-state index in [1.807, 2.05) is 0 Å². The summed E-state index contributed by atoms with van der Waals surface area (Å²) < 4.78 is 18.0. The molecule has 4 nitrogen and oxygen atoms in total. The third-order valence-corrected chi connectivity index (χ3v) is 2.52. The quantitative estimate of drug-likeness (QED) is 0.923. The van der Waals surface area contributed by atoms with Crippen molar-refractivity contribution in [2.75, 3.05) is 5.32 Å². The lowest BCUT2D eigenvalue weighted by Crippen LogP contribution is -2.11. The first kappa shape index (κ1) is 10.8. The number of carbonyl (C=O) groups excluding carboxylic acids is 1. The monoisotopic (exact) mass is 284 g/mol. The molecule has 0 spiro atoms. The van der Waals surface area contributed by atoms with Gasteiger partial charge >= 0.3 is 0 Å². The second kappa shape index (κ2) is 4.44. The number of carbonyl (C=O) groups is 1. The van der Waals surface area contributed by atoms with Crippen LogP contribution in [0.15, 0.2) is 39.7 Å². The summed E-state index contributed by atoms with van der Waals surface area (Å²) in [7, 11) is 0. The molecule has 1 amide bonds. The average Bonchev–Trinajstić information content (AvgIpc) is 2.74. The minimum absolute atomic E-state index is 0.224. The van der Waals surface area contributed by atoms with E-state index >= 15 is 0 Å². The van der Waals surface area contributed by atoms with Gasteiger partial charge in [-0.2, -0.15) is 0 Å². The number of rotatable bonds is 2. The van der Waals surface area contributed by atoms with Gasteiger partial charge in [0.05, 0.1) is 10.7 Å². The molecule has 2 rings (SSSR count). The van der Waals surface area contributed by atoms with Gasteiger partial charge in [-0.1, -0.05) is 5.16 Å². The van der Waals surface area contributed by atoms with E-state index in [9.17, 15) is 9.18 Å². The molecular weight excluding hydrogens is 279 g/mol. The van der Waals surface area contributed by atoms with Crippen LogP contribution in [0.2, 0.25) is 0 Å². The summed E-state index contributed by atoms with van der Waals surface area (Å²) in [5.74, 6) is -0.910. The maximum absolute atomic E-state index is 13.2. The van der Waals surface area contributed by atoms with Crippen LogP contribution in [-0.2, 0) is 0 Å². The lowest BCUT2D eigenvalue weighted by atomic mass is 10.2. The Labute approximate surface area is 98.6 Å². The Kier molecular flexibility index (Phi) is 3.00. The van der Waals surface area contributed by atoms with E-state index in [1.165, 1.54) is 24.6 Å². The fraction of sp³-hybridized carbons (Fsp3) is 0. The molecule has 82 valence electrons. The van der Waals surface area contributed by atoms with Crippen LogP contribution in [0.4, 0.5) is 10.1 Å². The van der Waals surface area contributed by atoms with Crippen molar-refractivity contribution >= 4 is 27.5 Å². The summed E-state index contributed by atoms with van der Waals surface area (Å²) in [6.45, 7) is 0. The first-order valence-electron chi connectivity index (χ1n) is 4.32. The Bertz CT molecular complexity index is 514. The summed E-state index contributed by atoms with van der Waals surface area (Å²) in [6, 6.07) is 4.13. The standard InChI is InChI=1S/C10H6BrFN2O2/c11-8-2-1-6(3-9(8)12)10(15)14-7-4-13-16-5-7/h1-5H,(H,14,15). The van der Waals surface area contributed by atoms with Gasteiger partial charge in [0.2, 0.25) is 0 Å². The maximum atomic E-state index is 13.2. The van der Waals surface area contributed by atoms with E-state index in [1.54, 1.807) is 0 Å². The molecule has 0 aliphatic heterocycles. The molecule has 1 N–H and O–H groups in total. The highest BCUT2D eigenvalue weighted by molar-refractivity contribution is 9.10. The number of benzene rings is 1. The van der Waals surface area contributed by atoms with Gasteiger partial charge in [-0.15, -0.1) is 0 Å². The normalized spacial score (nSPS) is 10.1. The number of nitrogens with zero attached hydrogens (tertiary/aromatic N) is 1. The molecule has 0 unspecified atom stereocenters. The van der Waals surface area contributed by atoms with Crippen LogP contribution in [0.25, 0.3) is 0 Å². The van der Waals surface area contributed by atoms with Crippen molar-refractivity contribution < 1.29 is 13.7 Å². The van der Waals surface area contributed by atoms with Crippen molar-refractivity contribution in [3.63, 3.8) is 0 Å².